The van der Waals surface area contributed by atoms with E-state index in [0.29, 0.717) is 35.8 Å². The van der Waals surface area contributed by atoms with E-state index in [4.69, 9.17) is 24.0 Å². The number of rotatable bonds is 5. The smallest absolute Gasteiger partial charge is 0.339 e. The number of hydrogen-bond donors (Lipinski definition) is 0. The van der Waals surface area contributed by atoms with Crippen LogP contribution in [0.5, 0.6) is 0 Å². The van der Waals surface area contributed by atoms with Gasteiger partial charge in [-0.15, -0.1) is 0 Å². The molecule has 1 saturated carbocycles. The summed E-state index contributed by atoms with van der Waals surface area (Å²) in [5, 5.41) is 0. The molecule has 1 aromatic rings. The summed E-state index contributed by atoms with van der Waals surface area (Å²) in [5.41, 5.74) is 0.0303. The van der Waals surface area contributed by atoms with Gasteiger partial charge in [0, 0.05) is 16.8 Å². The van der Waals surface area contributed by atoms with Crippen molar-refractivity contribution in [2.24, 2.45) is 23.7 Å². The highest BCUT2D eigenvalue weighted by molar-refractivity contribution is 9.10. The number of carbonyl (C=O) groups is 1. The fourth-order valence-corrected chi connectivity index (χ4v) is 6.91. The molecule has 8 atom stereocenters. The third-order valence-electron chi connectivity index (χ3n) is 8.25. The molecule has 1 spiro atoms. The van der Waals surface area contributed by atoms with Crippen molar-refractivity contribution in [3.63, 3.8) is 0 Å². The molecule has 176 valence electrons. The van der Waals surface area contributed by atoms with Crippen LogP contribution in [0.3, 0.4) is 0 Å². The molecule has 0 radical (unpaired) electrons. The average molecular weight is 509 g/mol. The van der Waals surface area contributed by atoms with Gasteiger partial charge in [0.15, 0.2) is 11.9 Å². The van der Waals surface area contributed by atoms with Crippen LogP contribution in [0.25, 0.3) is 0 Å². The molecule has 2 bridgehead atoms. The second-order valence-electron chi connectivity index (χ2n) is 10.2. The van der Waals surface area contributed by atoms with Crippen LogP contribution >= 0.6 is 15.9 Å². The Morgan fingerprint density at radius 2 is 1.97 bits per heavy atom. The topological polar surface area (TPSA) is 63.2 Å². The standard InChI is InChI=1S/C25H33BrO6/c1-15-10-11-19-16(2)21(9-6-14-28-22(27)17-7-4-5-8-20(17)26)29-23-25(19)18(15)12-13-24(3,30-23)31-32-25/h4-5,7-8,15-16,18-19,21,23H,6,9-14H2,1-3H3/t15-,16-,18+,19+,21-,23?,24?,25-/m1/s1. The SMILES string of the molecule is C[C@H]1[C@@H](CCCOC(=O)c2ccccc2Br)OC2OC3(C)CC[C@H]4[C@H](C)CC[C@@H]1[C@@]24OO3. The van der Waals surface area contributed by atoms with Gasteiger partial charge in [0.25, 0.3) is 0 Å². The Morgan fingerprint density at radius 3 is 2.78 bits per heavy atom. The number of ether oxygens (including phenoxy) is 3. The number of fused-ring (bicyclic) bond motifs is 2. The lowest BCUT2D eigenvalue weighted by atomic mass is 9.57. The fraction of sp³-hybridized carbons (Fsp3) is 0.720. The first-order valence-electron chi connectivity index (χ1n) is 12.0. The first-order valence-corrected chi connectivity index (χ1v) is 12.7. The van der Waals surface area contributed by atoms with Crippen molar-refractivity contribution in [2.75, 3.05) is 6.61 Å². The molecule has 0 aromatic heterocycles. The average Bonchev–Trinajstić information content (AvgIpc) is 3.00. The van der Waals surface area contributed by atoms with E-state index >= 15 is 0 Å². The van der Waals surface area contributed by atoms with E-state index < -0.39 is 17.7 Å². The van der Waals surface area contributed by atoms with Crippen LogP contribution in [-0.2, 0) is 24.0 Å². The molecule has 4 saturated heterocycles. The Labute approximate surface area is 198 Å². The normalized spacial score (nSPS) is 42.8. The van der Waals surface area contributed by atoms with Crippen LogP contribution in [-0.4, -0.2) is 36.4 Å². The molecular weight excluding hydrogens is 476 g/mol. The summed E-state index contributed by atoms with van der Waals surface area (Å²) in [6, 6.07) is 7.32. The molecule has 0 amide bonds. The van der Waals surface area contributed by atoms with Crippen molar-refractivity contribution in [2.45, 2.75) is 83.1 Å². The number of hydrogen-bond acceptors (Lipinski definition) is 6. The second kappa shape index (κ2) is 8.66. The molecule has 1 aliphatic carbocycles. The zero-order chi connectivity index (χ0) is 22.5. The molecule has 6 rings (SSSR count). The Balaban J connectivity index is 1.25. The van der Waals surface area contributed by atoms with E-state index in [2.05, 4.69) is 29.8 Å². The Bertz CT molecular complexity index is 863. The van der Waals surface area contributed by atoms with Gasteiger partial charge < -0.3 is 14.2 Å². The van der Waals surface area contributed by atoms with E-state index in [9.17, 15) is 4.79 Å². The van der Waals surface area contributed by atoms with Crippen LogP contribution in [0.4, 0.5) is 0 Å². The second-order valence-corrected chi connectivity index (χ2v) is 11.1. The van der Waals surface area contributed by atoms with Crippen molar-refractivity contribution < 1.29 is 28.8 Å². The highest BCUT2D eigenvalue weighted by Gasteiger charge is 2.69. The minimum atomic E-state index is -0.749. The predicted molar refractivity (Wildman–Crippen MR) is 120 cm³/mol. The number of carbonyl (C=O) groups excluding carboxylic acids is 1. The van der Waals surface area contributed by atoms with Crippen molar-refractivity contribution in [3.8, 4) is 0 Å². The van der Waals surface area contributed by atoms with Gasteiger partial charge in [-0.05, 0) is 84.8 Å². The molecule has 32 heavy (non-hydrogen) atoms. The van der Waals surface area contributed by atoms with Gasteiger partial charge in [0.1, 0.15) is 0 Å². The number of benzene rings is 1. The molecule has 0 N–H and O–H groups in total. The van der Waals surface area contributed by atoms with Crippen LogP contribution in [0.1, 0.15) is 69.7 Å². The minimum absolute atomic E-state index is 0.0402. The highest BCUT2D eigenvalue weighted by atomic mass is 79.9. The van der Waals surface area contributed by atoms with Crippen LogP contribution in [0.15, 0.2) is 28.7 Å². The first kappa shape index (κ1) is 22.8. The van der Waals surface area contributed by atoms with Crippen molar-refractivity contribution in [1.29, 1.82) is 0 Å². The monoisotopic (exact) mass is 508 g/mol. The maximum absolute atomic E-state index is 12.4. The molecule has 2 unspecified atom stereocenters. The zero-order valence-electron chi connectivity index (χ0n) is 19.1. The van der Waals surface area contributed by atoms with Gasteiger partial charge in [-0.1, -0.05) is 26.0 Å². The summed E-state index contributed by atoms with van der Waals surface area (Å²) >= 11 is 3.41. The predicted octanol–water partition coefficient (Wildman–Crippen LogP) is 5.64. The summed E-state index contributed by atoms with van der Waals surface area (Å²) in [5.74, 6) is 0.532. The molecule has 7 heteroatoms. The zero-order valence-corrected chi connectivity index (χ0v) is 20.6. The third-order valence-corrected chi connectivity index (χ3v) is 8.95. The van der Waals surface area contributed by atoms with Gasteiger partial charge in [0.2, 0.25) is 5.79 Å². The first-order chi connectivity index (χ1) is 15.3. The van der Waals surface area contributed by atoms with Gasteiger partial charge in [-0.2, -0.15) is 0 Å². The Kier molecular flexibility index (Phi) is 6.16. The van der Waals surface area contributed by atoms with E-state index in [1.165, 1.54) is 6.42 Å². The fourth-order valence-electron chi connectivity index (χ4n) is 6.46. The minimum Gasteiger partial charge on any atom is -0.462 e. The largest absolute Gasteiger partial charge is 0.462 e. The molecule has 4 aliphatic heterocycles. The number of esters is 1. The van der Waals surface area contributed by atoms with E-state index in [0.717, 1.165) is 36.6 Å². The summed E-state index contributed by atoms with van der Waals surface area (Å²) < 4.78 is 19.3. The molecule has 6 nitrogen and oxygen atoms in total. The summed E-state index contributed by atoms with van der Waals surface area (Å²) in [4.78, 5) is 24.4. The van der Waals surface area contributed by atoms with Gasteiger partial charge in [-0.25, -0.2) is 14.6 Å². The van der Waals surface area contributed by atoms with Crippen LogP contribution in [0.2, 0.25) is 0 Å². The molecular formula is C25H33BrO6. The number of halogens is 1. The van der Waals surface area contributed by atoms with E-state index in [1.807, 2.05) is 25.1 Å². The van der Waals surface area contributed by atoms with E-state index in [1.54, 1.807) is 6.07 Å². The maximum atomic E-state index is 12.4. The highest BCUT2D eigenvalue weighted by Crippen LogP contribution is 2.60. The quantitative estimate of drug-likeness (QED) is 0.291. The lowest BCUT2D eigenvalue weighted by Crippen LogP contribution is -2.70. The molecule has 1 aromatic carbocycles. The summed E-state index contributed by atoms with van der Waals surface area (Å²) in [6.07, 6.45) is 5.33. The molecule has 4 heterocycles. The van der Waals surface area contributed by atoms with E-state index in [-0.39, 0.29) is 12.1 Å². The Morgan fingerprint density at radius 1 is 1.16 bits per heavy atom. The summed E-state index contributed by atoms with van der Waals surface area (Å²) in [6.45, 7) is 6.91. The van der Waals surface area contributed by atoms with Gasteiger partial charge in [-0.3, -0.25) is 0 Å². The lowest BCUT2D eigenvalue weighted by molar-refractivity contribution is -0.571. The van der Waals surface area contributed by atoms with Crippen LogP contribution < -0.4 is 0 Å². The molecule has 5 fully saturated rings. The van der Waals surface area contributed by atoms with Gasteiger partial charge >= 0.3 is 5.97 Å². The van der Waals surface area contributed by atoms with Crippen molar-refractivity contribution in [1.82, 2.24) is 0 Å². The van der Waals surface area contributed by atoms with Crippen molar-refractivity contribution >= 4 is 21.9 Å². The van der Waals surface area contributed by atoms with Crippen LogP contribution in [0, 0.1) is 23.7 Å². The van der Waals surface area contributed by atoms with Crippen molar-refractivity contribution in [3.05, 3.63) is 34.3 Å². The lowest BCUT2D eigenvalue weighted by Gasteiger charge is -2.60. The maximum Gasteiger partial charge on any atom is 0.339 e. The third kappa shape index (κ3) is 3.74. The Hall–Kier alpha value is -0.990. The molecule has 5 aliphatic rings. The van der Waals surface area contributed by atoms with Gasteiger partial charge in [0.05, 0.1) is 18.3 Å². The summed E-state index contributed by atoms with van der Waals surface area (Å²) in [7, 11) is 0.